The van der Waals surface area contributed by atoms with Crippen molar-refractivity contribution >= 4 is 16.7 Å². The molecule has 2 aromatic carbocycles. The highest BCUT2D eigenvalue weighted by molar-refractivity contribution is 5.99. The molecule has 0 spiro atoms. The van der Waals surface area contributed by atoms with Gasteiger partial charge in [0, 0.05) is 49.9 Å². The monoisotopic (exact) mass is 466 g/mol. The van der Waals surface area contributed by atoms with Gasteiger partial charge in [-0.2, -0.15) is 13.2 Å². The van der Waals surface area contributed by atoms with Gasteiger partial charge < -0.3 is 4.90 Å². The van der Waals surface area contributed by atoms with E-state index < -0.39 is 11.9 Å². The number of hydrogen-bond donors (Lipinski definition) is 0. The molecular weight excluding hydrogens is 444 g/mol. The summed E-state index contributed by atoms with van der Waals surface area (Å²) in [6.45, 7) is 3.58. The van der Waals surface area contributed by atoms with Crippen molar-refractivity contribution in [1.29, 1.82) is 0 Å². The van der Waals surface area contributed by atoms with Crippen LogP contribution >= 0.6 is 0 Å². The summed E-state index contributed by atoms with van der Waals surface area (Å²) in [6, 6.07) is 18.2. The average molecular weight is 466 g/mol. The molecule has 1 aliphatic heterocycles. The summed E-state index contributed by atoms with van der Waals surface area (Å²) in [6.07, 6.45) is -2.91. The fourth-order valence-electron chi connectivity index (χ4n) is 4.31. The third-order valence-corrected chi connectivity index (χ3v) is 6.07. The summed E-state index contributed by atoms with van der Waals surface area (Å²) in [5.74, 6) is 0.380. The molecule has 0 bridgehead atoms. The minimum atomic E-state index is -4.53. The Morgan fingerprint density at radius 1 is 0.824 bits per heavy atom. The maximum Gasteiger partial charge on any atom is 0.433 e. The summed E-state index contributed by atoms with van der Waals surface area (Å²) in [5.41, 5.74) is 1.75. The second-order valence-corrected chi connectivity index (χ2v) is 8.34. The molecule has 0 atom stereocenters. The van der Waals surface area contributed by atoms with Gasteiger partial charge >= 0.3 is 6.18 Å². The summed E-state index contributed by atoms with van der Waals surface area (Å²) < 4.78 is 53.5. The number of rotatable bonds is 4. The van der Waals surface area contributed by atoms with Crippen LogP contribution in [0.1, 0.15) is 11.3 Å². The average Bonchev–Trinajstić information content (AvgIpc) is 2.85. The van der Waals surface area contributed by atoms with E-state index >= 15 is 0 Å². The molecule has 34 heavy (non-hydrogen) atoms. The fourth-order valence-corrected chi connectivity index (χ4v) is 4.31. The topological polar surface area (TPSA) is 32.3 Å². The van der Waals surface area contributed by atoms with E-state index in [1.807, 2.05) is 30.3 Å². The Balaban J connectivity index is 1.44. The fraction of sp³-hybridized carbons (Fsp3) is 0.231. The predicted octanol–water partition coefficient (Wildman–Crippen LogP) is 5.78. The minimum absolute atomic E-state index is 0.257. The Morgan fingerprint density at radius 3 is 2.21 bits per heavy atom. The Hall–Kier alpha value is -3.52. The van der Waals surface area contributed by atoms with Crippen molar-refractivity contribution in [2.24, 2.45) is 0 Å². The second kappa shape index (κ2) is 9.02. The van der Waals surface area contributed by atoms with Crippen molar-refractivity contribution in [2.75, 3.05) is 31.1 Å². The van der Waals surface area contributed by atoms with Crippen molar-refractivity contribution in [1.82, 2.24) is 14.9 Å². The number of anilines is 1. The lowest BCUT2D eigenvalue weighted by molar-refractivity contribution is -0.140. The van der Waals surface area contributed by atoms with E-state index in [2.05, 4.69) is 19.8 Å². The van der Waals surface area contributed by atoms with Crippen LogP contribution in [0.25, 0.3) is 22.0 Å². The van der Waals surface area contributed by atoms with Crippen LogP contribution < -0.4 is 4.90 Å². The Bertz CT molecular complexity index is 1280. The first-order valence-corrected chi connectivity index (χ1v) is 11.0. The number of fused-ring (bicyclic) bond motifs is 1. The third-order valence-electron chi connectivity index (χ3n) is 6.07. The van der Waals surface area contributed by atoms with Crippen molar-refractivity contribution in [3.63, 3.8) is 0 Å². The molecule has 5 rings (SSSR count). The van der Waals surface area contributed by atoms with Crippen LogP contribution in [-0.4, -0.2) is 41.0 Å². The number of pyridine rings is 2. The zero-order valence-electron chi connectivity index (χ0n) is 18.3. The number of aromatic nitrogens is 2. The van der Waals surface area contributed by atoms with Gasteiger partial charge in [0.05, 0.1) is 5.52 Å². The van der Waals surface area contributed by atoms with Crippen LogP contribution in [0.15, 0.2) is 72.9 Å². The largest absolute Gasteiger partial charge is 0.433 e. The minimum Gasteiger partial charge on any atom is -0.353 e. The molecule has 174 valence electrons. The first-order valence-electron chi connectivity index (χ1n) is 11.0. The van der Waals surface area contributed by atoms with Crippen molar-refractivity contribution in [2.45, 2.75) is 12.7 Å². The molecule has 8 heteroatoms. The van der Waals surface area contributed by atoms with Gasteiger partial charge in [0.25, 0.3) is 0 Å². The Morgan fingerprint density at radius 2 is 1.53 bits per heavy atom. The number of halogens is 4. The molecule has 0 N–H and O–H groups in total. The normalized spacial score (nSPS) is 15.1. The van der Waals surface area contributed by atoms with Gasteiger partial charge in [-0.15, -0.1) is 0 Å². The van der Waals surface area contributed by atoms with Gasteiger partial charge in [0.1, 0.15) is 17.3 Å². The Kier molecular flexibility index (Phi) is 5.91. The lowest BCUT2D eigenvalue weighted by atomic mass is 10.0. The number of benzene rings is 2. The van der Waals surface area contributed by atoms with Gasteiger partial charge in [-0.25, -0.2) is 14.4 Å². The zero-order valence-corrected chi connectivity index (χ0v) is 18.3. The molecule has 2 aromatic heterocycles. The molecule has 1 fully saturated rings. The highest BCUT2D eigenvalue weighted by atomic mass is 19.4. The SMILES string of the molecule is Fc1ccc(CN2CCN(c3ncc(-c4ccccc4)c4nc(C(F)(F)F)ccc34)CC2)cc1. The van der Waals surface area contributed by atoms with E-state index in [9.17, 15) is 17.6 Å². The highest BCUT2D eigenvalue weighted by Gasteiger charge is 2.33. The van der Waals surface area contributed by atoms with Crippen LogP contribution in [0.2, 0.25) is 0 Å². The van der Waals surface area contributed by atoms with Gasteiger partial charge in [0.15, 0.2) is 0 Å². The Labute approximate surface area is 194 Å². The van der Waals surface area contributed by atoms with E-state index in [0.29, 0.717) is 41.9 Å². The van der Waals surface area contributed by atoms with E-state index in [4.69, 9.17) is 0 Å². The molecule has 1 aliphatic rings. The smallest absolute Gasteiger partial charge is 0.353 e. The lowest BCUT2D eigenvalue weighted by Crippen LogP contribution is -2.46. The van der Waals surface area contributed by atoms with Gasteiger partial charge in [-0.05, 0) is 35.4 Å². The zero-order chi connectivity index (χ0) is 23.7. The van der Waals surface area contributed by atoms with Gasteiger partial charge in [-0.1, -0.05) is 42.5 Å². The van der Waals surface area contributed by atoms with Crippen molar-refractivity contribution in [3.05, 3.63) is 90.0 Å². The number of piperazine rings is 1. The van der Waals surface area contributed by atoms with E-state index in [0.717, 1.165) is 30.3 Å². The standard InChI is InChI=1S/C26H22F4N4/c27-20-8-6-18(7-9-20)17-33-12-14-34(15-13-33)25-21-10-11-23(26(28,29)30)32-24(21)22(16-31-25)19-4-2-1-3-5-19/h1-11,16H,12-15,17H2. The molecule has 4 nitrogen and oxygen atoms in total. The van der Waals surface area contributed by atoms with Crippen molar-refractivity contribution in [3.8, 4) is 11.1 Å². The quantitative estimate of drug-likeness (QED) is 0.357. The summed E-state index contributed by atoms with van der Waals surface area (Å²) in [4.78, 5) is 13.0. The molecule has 0 amide bonds. The molecule has 1 saturated heterocycles. The van der Waals surface area contributed by atoms with Crippen LogP contribution in [0.5, 0.6) is 0 Å². The number of nitrogens with zero attached hydrogens (tertiary/aromatic N) is 4. The number of alkyl halides is 3. The summed E-state index contributed by atoms with van der Waals surface area (Å²) in [7, 11) is 0. The van der Waals surface area contributed by atoms with Gasteiger partial charge in [0.2, 0.25) is 0 Å². The van der Waals surface area contributed by atoms with Crippen molar-refractivity contribution < 1.29 is 17.6 Å². The maximum atomic E-state index is 13.4. The van der Waals surface area contributed by atoms with E-state index in [1.54, 1.807) is 18.3 Å². The molecule has 0 radical (unpaired) electrons. The molecule has 0 unspecified atom stereocenters. The first-order chi connectivity index (χ1) is 16.4. The third kappa shape index (κ3) is 4.59. The van der Waals surface area contributed by atoms with E-state index in [-0.39, 0.29) is 5.82 Å². The molecule has 0 saturated carbocycles. The molecule has 4 aromatic rings. The summed E-state index contributed by atoms with van der Waals surface area (Å²) >= 11 is 0. The molecular formula is C26H22F4N4. The second-order valence-electron chi connectivity index (χ2n) is 8.34. The number of hydrogen-bond acceptors (Lipinski definition) is 4. The predicted molar refractivity (Wildman–Crippen MR) is 124 cm³/mol. The van der Waals surface area contributed by atoms with Gasteiger partial charge in [-0.3, -0.25) is 4.90 Å². The summed E-state index contributed by atoms with van der Waals surface area (Å²) in [5, 5.41) is 0.598. The van der Waals surface area contributed by atoms with Crippen LogP contribution in [0, 0.1) is 5.82 Å². The lowest BCUT2D eigenvalue weighted by Gasteiger charge is -2.36. The first kappa shape index (κ1) is 22.3. The van der Waals surface area contributed by atoms with Crippen LogP contribution in [0.3, 0.4) is 0 Å². The van der Waals surface area contributed by atoms with Crippen LogP contribution in [-0.2, 0) is 12.7 Å². The highest BCUT2D eigenvalue weighted by Crippen LogP contribution is 2.36. The maximum absolute atomic E-state index is 13.4. The molecule has 0 aliphatic carbocycles. The van der Waals surface area contributed by atoms with Crippen LogP contribution in [0.4, 0.5) is 23.4 Å². The molecule has 3 heterocycles. The van der Waals surface area contributed by atoms with E-state index in [1.165, 1.54) is 18.2 Å².